The van der Waals surface area contributed by atoms with E-state index < -0.39 is 0 Å². The first-order valence-corrected chi connectivity index (χ1v) is 11.7. The third kappa shape index (κ3) is 4.77. The molecule has 31 heavy (non-hydrogen) atoms. The molecule has 0 saturated carbocycles. The number of benzene rings is 1. The van der Waals surface area contributed by atoms with Gasteiger partial charge in [0.1, 0.15) is 5.03 Å². The van der Waals surface area contributed by atoms with Crippen LogP contribution in [0.5, 0.6) is 11.5 Å². The minimum absolute atomic E-state index is 0.169. The van der Waals surface area contributed by atoms with Gasteiger partial charge in [0.05, 0.1) is 26.5 Å². The molecule has 3 aromatic rings. The Morgan fingerprint density at radius 1 is 1.23 bits per heavy atom. The Bertz CT molecular complexity index is 1140. The Kier molecular flexibility index (Phi) is 6.62. The number of anilines is 1. The summed E-state index contributed by atoms with van der Waals surface area (Å²) < 4.78 is 12.3. The maximum absolute atomic E-state index is 12.7. The minimum Gasteiger partial charge on any atom is -0.493 e. The summed E-state index contributed by atoms with van der Waals surface area (Å²) in [6, 6.07) is 9.22. The summed E-state index contributed by atoms with van der Waals surface area (Å²) in [7, 11) is 3.11. The molecule has 7 nitrogen and oxygen atoms in total. The van der Waals surface area contributed by atoms with Crippen LogP contribution in [0.4, 0.5) is 5.69 Å². The van der Waals surface area contributed by atoms with Gasteiger partial charge in [-0.25, -0.2) is 4.79 Å². The van der Waals surface area contributed by atoms with E-state index in [9.17, 15) is 9.59 Å². The molecule has 1 aliphatic rings. The van der Waals surface area contributed by atoms with E-state index in [0.717, 1.165) is 35.4 Å². The number of nitrogens with zero attached hydrogens (tertiary/aromatic N) is 2. The standard InChI is InChI=1S/C22H23N3O4S2/c1-28-18-9-8-14(11-19(18)29-2)23-20(26)13-31-21-16-6-3-7-17(16)25(22(27)24-21)12-15-5-4-10-30-15/h4-5,8-11H,3,6-7,12-13H2,1-2H3,(H,23,26). The smallest absolute Gasteiger partial charge is 0.349 e. The van der Waals surface area contributed by atoms with Gasteiger partial charge in [0.15, 0.2) is 11.5 Å². The number of methoxy groups -OCH3 is 2. The number of carbonyl (C=O) groups excluding carboxylic acids is 1. The monoisotopic (exact) mass is 457 g/mol. The Hall–Kier alpha value is -2.78. The molecule has 0 radical (unpaired) electrons. The molecule has 2 aromatic heterocycles. The lowest BCUT2D eigenvalue weighted by Gasteiger charge is -2.14. The maximum atomic E-state index is 12.7. The van der Waals surface area contributed by atoms with E-state index in [4.69, 9.17) is 9.47 Å². The van der Waals surface area contributed by atoms with Crippen molar-refractivity contribution >= 4 is 34.7 Å². The predicted molar refractivity (Wildman–Crippen MR) is 123 cm³/mol. The van der Waals surface area contributed by atoms with E-state index in [1.165, 1.54) is 11.8 Å². The van der Waals surface area contributed by atoms with Gasteiger partial charge in [0.25, 0.3) is 0 Å². The van der Waals surface area contributed by atoms with Crippen molar-refractivity contribution in [1.29, 1.82) is 0 Å². The lowest BCUT2D eigenvalue weighted by molar-refractivity contribution is -0.113. The van der Waals surface area contributed by atoms with Crippen LogP contribution in [0.15, 0.2) is 45.5 Å². The highest BCUT2D eigenvalue weighted by Crippen LogP contribution is 2.31. The van der Waals surface area contributed by atoms with E-state index in [0.29, 0.717) is 28.8 Å². The highest BCUT2D eigenvalue weighted by molar-refractivity contribution is 8.00. The van der Waals surface area contributed by atoms with Crippen molar-refractivity contribution in [2.75, 3.05) is 25.3 Å². The number of hydrogen-bond acceptors (Lipinski definition) is 7. The predicted octanol–water partition coefficient (Wildman–Crippen LogP) is 3.59. The van der Waals surface area contributed by atoms with Gasteiger partial charge in [0, 0.05) is 27.9 Å². The highest BCUT2D eigenvalue weighted by Gasteiger charge is 2.23. The van der Waals surface area contributed by atoms with Crippen molar-refractivity contribution in [3.05, 3.63) is 62.3 Å². The Balaban J connectivity index is 1.46. The lowest BCUT2D eigenvalue weighted by Crippen LogP contribution is -2.27. The number of thiophene rings is 1. The zero-order valence-corrected chi connectivity index (χ0v) is 19.0. The van der Waals surface area contributed by atoms with E-state index in [1.807, 2.05) is 17.5 Å². The number of aromatic nitrogens is 2. The average Bonchev–Trinajstić information content (AvgIpc) is 3.46. The van der Waals surface area contributed by atoms with Gasteiger partial charge < -0.3 is 14.8 Å². The lowest BCUT2D eigenvalue weighted by atomic mass is 10.2. The molecule has 162 valence electrons. The number of carbonyl (C=O) groups is 1. The molecule has 0 unspecified atom stereocenters. The zero-order chi connectivity index (χ0) is 21.8. The number of hydrogen-bond donors (Lipinski definition) is 1. The van der Waals surface area contributed by atoms with Crippen LogP contribution in [0.3, 0.4) is 0 Å². The van der Waals surface area contributed by atoms with Gasteiger partial charge in [-0.3, -0.25) is 9.36 Å². The molecule has 2 heterocycles. The molecule has 1 aliphatic carbocycles. The zero-order valence-electron chi connectivity index (χ0n) is 17.3. The summed E-state index contributed by atoms with van der Waals surface area (Å²) >= 11 is 2.95. The van der Waals surface area contributed by atoms with Crippen LogP contribution in [0, 0.1) is 0 Å². The SMILES string of the molecule is COc1ccc(NC(=O)CSc2nc(=O)n(Cc3cccs3)c3c2CCC3)cc1OC. The van der Waals surface area contributed by atoms with Crippen LogP contribution in [0.1, 0.15) is 22.6 Å². The summed E-state index contributed by atoms with van der Waals surface area (Å²) in [5, 5.41) is 5.53. The fraction of sp³-hybridized carbons (Fsp3) is 0.318. The van der Waals surface area contributed by atoms with Crippen molar-refractivity contribution in [2.24, 2.45) is 0 Å². The largest absolute Gasteiger partial charge is 0.493 e. The molecular weight excluding hydrogens is 434 g/mol. The quantitative estimate of drug-likeness (QED) is 0.411. The molecule has 0 saturated heterocycles. The van der Waals surface area contributed by atoms with Gasteiger partial charge in [-0.1, -0.05) is 17.8 Å². The fourth-order valence-electron chi connectivity index (χ4n) is 3.67. The van der Waals surface area contributed by atoms with Crippen molar-refractivity contribution in [3.63, 3.8) is 0 Å². The molecule has 0 spiro atoms. The van der Waals surface area contributed by atoms with Crippen molar-refractivity contribution < 1.29 is 14.3 Å². The van der Waals surface area contributed by atoms with Crippen LogP contribution in [-0.2, 0) is 24.2 Å². The minimum atomic E-state index is -0.253. The van der Waals surface area contributed by atoms with Crippen LogP contribution in [0.25, 0.3) is 0 Å². The van der Waals surface area contributed by atoms with Gasteiger partial charge >= 0.3 is 5.69 Å². The molecule has 0 aliphatic heterocycles. The van der Waals surface area contributed by atoms with E-state index in [2.05, 4.69) is 10.3 Å². The number of rotatable bonds is 8. The highest BCUT2D eigenvalue weighted by atomic mass is 32.2. The number of thioether (sulfide) groups is 1. The second-order valence-electron chi connectivity index (χ2n) is 7.05. The van der Waals surface area contributed by atoms with E-state index >= 15 is 0 Å². The van der Waals surface area contributed by atoms with E-state index in [1.54, 1.807) is 48.3 Å². The first kappa shape index (κ1) is 21.5. The van der Waals surface area contributed by atoms with Crippen LogP contribution < -0.4 is 20.5 Å². The molecule has 1 amide bonds. The molecule has 4 rings (SSSR count). The molecule has 0 fully saturated rings. The first-order chi connectivity index (χ1) is 15.1. The summed E-state index contributed by atoms with van der Waals surface area (Å²) in [5.41, 5.74) is 2.51. The van der Waals surface area contributed by atoms with Gasteiger partial charge in [-0.2, -0.15) is 4.98 Å². The molecule has 1 N–H and O–H groups in total. The topological polar surface area (TPSA) is 82.5 Å². The van der Waals surface area contributed by atoms with Crippen LogP contribution in [0.2, 0.25) is 0 Å². The average molecular weight is 458 g/mol. The number of amides is 1. The van der Waals surface area contributed by atoms with Gasteiger partial charge in [0.2, 0.25) is 5.91 Å². The van der Waals surface area contributed by atoms with Gasteiger partial charge in [-0.15, -0.1) is 11.3 Å². The molecule has 0 bridgehead atoms. The summed E-state index contributed by atoms with van der Waals surface area (Å²) in [6.45, 7) is 0.552. The summed E-state index contributed by atoms with van der Waals surface area (Å²) in [6.07, 6.45) is 2.74. The number of fused-ring (bicyclic) bond motifs is 1. The van der Waals surface area contributed by atoms with E-state index in [-0.39, 0.29) is 17.3 Å². The second kappa shape index (κ2) is 9.57. The van der Waals surface area contributed by atoms with Crippen molar-refractivity contribution in [2.45, 2.75) is 30.8 Å². The number of ether oxygens (including phenoxy) is 2. The first-order valence-electron chi connectivity index (χ1n) is 9.88. The Morgan fingerprint density at radius 3 is 2.81 bits per heavy atom. The van der Waals surface area contributed by atoms with Crippen LogP contribution in [-0.4, -0.2) is 35.4 Å². The molecule has 1 aromatic carbocycles. The number of nitrogens with one attached hydrogen (secondary N) is 1. The van der Waals surface area contributed by atoms with Crippen molar-refractivity contribution in [1.82, 2.24) is 9.55 Å². The molecule has 0 atom stereocenters. The summed E-state index contributed by atoms with van der Waals surface area (Å²) in [4.78, 5) is 30.6. The Morgan fingerprint density at radius 2 is 2.06 bits per heavy atom. The fourth-order valence-corrected chi connectivity index (χ4v) is 5.24. The van der Waals surface area contributed by atoms with Crippen LogP contribution >= 0.6 is 23.1 Å². The van der Waals surface area contributed by atoms with Crippen molar-refractivity contribution in [3.8, 4) is 11.5 Å². The molecular formula is C22H23N3O4S2. The maximum Gasteiger partial charge on any atom is 0.349 e. The third-order valence-corrected chi connectivity index (χ3v) is 6.98. The van der Waals surface area contributed by atoms with Gasteiger partial charge in [-0.05, 0) is 42.8 Å². The summed E-state index contributed by atoms with van der Waals surface area (Å²) in [5.74, 6) is 1.13. The Labute approximate surface area is 188 Å². The third-order valence-electron chi connectivity index (χ3n) is 5.10. The second-order valence-corrected chi connectivity index (χ2v) is 9.05. The normalized spacial score (nSPS) is 12.5. The molecule has 9 heteroatoms.